The average molecular weight is 367 g/mol. The van der Waals surface area contributed by atoms with E-state index in [9.17, 15) is 9.90 Å². The summed E-state index contributed by atoms with van der Waals surface area (Å²) in [4.78, 5) is 12.6. The van der Waals surface area contributed by atoms with Gasteiger partial charge in [-0.05, 0) is 42.3 Å². The molecule has 0 bridgehead atoms. The number of aromatic nitrogens is 2. The highest BCUT2D eigenvalue weighted by molar-refractivity contribution is 6.04. The summed E-state index contributed by atoms with van der Waals surface area (Å²) in [5, 5.41) is 19.7. The van der Waals surface area contributed by atoms with Crippen LogP contribution in [0.5, 0.6) is 17.2 Å². The minimum absolute atomic E-state index is 0.113. The number of aromatic hydroxyl groups is 1. The van der Waals surface area contributed by atoms with Gasteiger partial charge in [-0.25, -0.2) is 0 Å². The van der Waals surface area contributed by atoms with E-state index in [1.807, 2.05) is 19.1 Å². The van der Waals surface area contributed by atoms with E-state index in [-0.39, 0.29) is 17.4 Å². The highest BCUT2D eigenvalue weighted by atomic mass is 16.5. The maximum atomic E-state index is 12.6. The van der Waals surface area contributed by atoms with Gasteiger partial charge in [-0.15, -0.1) is 0 Å². The van der Waals surface area contributed by atoms with Crippen LogP contribution in [0.15, 0.2) is 42.5 Å². The first-order chi connectivity index (χ1) is 13.0. The molecular weight excluding hydrogens is 346 g/mol. The van der Waals surface area contributed by atoms with Crippen LogP contribution in [0.1, 0.15) is 23.0 Å². The molecule has 0 fully saturated rings. The Kier molecular flexibility index (Phi) is 5.30. The number of rotatable bonds is 6. The Morgan fingerprint density at radius 1 is 1.15 bits per heavy atom. The number of amides is 1. The number of hydrogen-bond donors (Lipinski definition) is 3. The third-order valence-corrected chi connectivity index (χ3v) is 4.22. The molecule has 0 aliphatic heterocycles. The van der Waals surface area contributed by atoms with Crippen molar-refractivity contribution in [1.82, 2.24) is 10.2 Å². The number of carbonyl (C=O) groups is 1. The van der Waals surface area contributed by atoms with Crippen molar-refractivity contribution in [1.29, 1.82) is 0 Å². The first-order valence-electron chi connectivity index (χ1n) is 8.46. The number of nitrogens with zero attached hydrogens (tertiary/aromatic N) is 1. The molecule has 0 saturated heterocycles. The van der Waals surface area contributed by atoms with Gasteiger partial charge < -0.3 is 19.9 Å². The highest BCUT2D eigenvalue weighted by Crippen LogP contribution is 2.31. The van der Waals surface area contributed by atoms with E-state index in [2.05, 4.69) is 15.5 Å². The van der Waals surface area contributed by atoms with Crippen molar-refractivity contribution in [2.45, 2.75) is 13.3 Å². The van der Waals surface area contributed by atoms with Crippen molar-refractivity contribution in [3.63, 3.8) is 0 Å². The van der Waals surface area contributed by atoms with Crippen LogP contribution in [-0.4, -0.2) is 35.4 Å². The van der Waals surface area contributed by atoms with Gasteiger partial charge in [0.25, 0.3) is 5.91 Å². The van der Waals surface area contributed by atoms with E-state index in [1.165, 1.54) is 7.11 Å². The summed E-state index contributed by atoms with van der Waals surface area (Å²) in [5.74, 6) is 0.849. The molecule has 0 atom stereocenters. The number of phenolic OH excluding ortho intramolecular Hbond substituents is 1. The van der Waals surface area contributed by atoms with Gasteiger partial charge in [-0.2, -0.15) is 5.10 Å². The maximum absolute atomic E-state index is 12.6. The summed E-state index contributed by atoms with van der Waals surface area (Å²) in [7, 11) is 3.07. The van der Waals surface area contributed by atoms with Crippen LogP contribution in [0.4, 0.5) is 5.69 Å². The number of phenols is 1. The van der Waals surface area contributed by atoms with Crippen LogP contribution in [0.25, 0.3) is 11.3 Å². The molecule has 0 spiro atoms. The number of benzene rings is 2. The second-order valence-corrected chi connectivity index (χ2v) is 5.89. The van der Waals surface area contributed by atoms with Gasteiger partial charge in [-0.1, -0.05) is 13.0 Å². The van der Waals surface area contributed by atoms with Gasteiger partial charge in [-0.3, -0.25) is 9.89 Å². The number of anilines is 1. The number of aryl methyl sites for hydroxylation is 1. The third-order valence-electron chi connectivity index (χ3n) is 4.22. The lowest BCUT2D eigenvalue weighted by Gasteiger charge is -2.10. The number of ether oxygens (including phenoxy) is 2. The first kappa shape index (κ1) is 18.3. The fourth-order valence-corrected chi connectivity index (χ4v) is 2.68. The Bertz CT molecular complexity index is 966. The summed E-state index contributed by atoms with van der Waals surface area (Å²) in [6, 6.07) is 12.1. The van der Waals surface area contributed by atoms with Crippen molar-refractivity contribution in [3.8, 4) is 28.5 Å². The molecule has 7 heteroatoms. The van der Waals surface area contributed by atoms with Gasteiger partial charge in [0.1, 0.15) is 22.9 Å². The molecule has 0 aliphatic carbocycles. The molecule has 0 radical (unpaired) electrons. The standard InChI is InChI=1S/C20H21N3O4/c1-4-12-5-8-18(24)14(9-12)16-11-17(23-22-16)20(25)21-15-7-6-13(26-2)10-19(15)27-3/h5-11,24H,4H2,1-3H3,(H,21,25)(H,22,23). The lowest BCUT2D eigenvalue weighted by atomic mass is 10.1. The van der Waals surface area contributed by atoms with E-state index >= 15 is 0 Å². The topological polar surface area (TPSA) is 96.5 Å². The molecule has 0 saturated carbocycles. The van der Waals surface area contributed by atoms with Gasteiger partial charge in [0, 0.05) is 11.6 Å². The Morgan fingerprint density at radius 3 is 2.67 bits per heavy atom. The lowest BCUT2D eigenvalue weighted by Crippen LogP contribution is -2.13. The molecule has 1 aromatic heterocycles. The minimum atomic E-state index is -0.372. The number of aromatic amines is 1. The molecule has 3 rings (SSSR count). The Labute approximate surface area is 157 Å². The van der Waals surface area contributed by atoms with Crippen molar-refractivity contribution in [2.75, 3.05) is 19.5 Å². The fraction of sp³-hybridized carbons (Fsp3) is 0.200. The summed E-state index contributed by atoms with van der Waals surface area (Å²) in [6.07, 6.45) is 0.836. The largest absolute Gasteiger partial charge is 0.507 e. The van der Waals surface area contributed by atoms with Gasteiger partial charge in [0.15, 0.2) is 0 Å². The zero-order chi connectivity index (χ0) is 19.4. The lowest BCUT2D eigenvalue weighted by molar-refractivity contribution is 0.102. The SMILES string of the molecule is CCc1ccc(O)c(-c2cc(C(=O)Nc3ccc(OC)cc3OC)[nH]n2)c1. The monoisotopic (exact) mass is 367 g/mol. The molecule has 1 amide bonds. The summed E-state index contributed by atoms with van der Waals surface area (Å²) in [5.41, 5.74) is 2.92. The summed E-state index contributed by atoms with van der Waals surface area (Å²) < 4.78 is 10.4. The van der Waals surface area contributed by atoms with Crippen LogP contribution in [-0.2, 0) is 6.42 Å². The predicted octanol–water partition coefficient (Wildman–Crippen LogP) is 3.61. The first-order valence-corrected chi connectivity index (χ1v) is 8.46. The summed E-state index contributed by atoms with van der Waals surface area (Å²) >= 11 is 0. The second kappa shape index (κ2) is 7.82. The van der Waals surface area contributed by atoms with Crippen molar-refractivity contribution in [3.05, 3.63) is 53.7 Å². The van der Waals surface area contributed by atoms with E-state index in [1.54, 1.807) is 37.4 Å². The quantitative estimate of drug-likeness (QED) is 0.618. The number of methoxy groups -OCH3 is 2. The molecule has 0 aliphatic rings. The number of nitrogens with one attached hydrogen (secondary N) is 2. The molecular formula is C20H21N3O4. The molecule has 0 unspecified atom stereocenters. The fourth-order valence-electron chi connectivity index (χ4n) is 2.68. The average Bonchev–Trinajstić information content (AvgIpc) is 3.18. The predicted molar refractivity (Wildman–Crippen MR) is 103 cm³/mol. The van der Waals surface area contributed by atoms with Crippen LogP contribution in [0.3, 0.4) is 0 Å². The molecule has 27 heavy (non-hydrogen) atoms. The normalized spacial score (nSPS) is 10.5. The van der Waals surface area contributed by atoms with Crippen LogP contribution in [0.2, 0.25) is 0 Å². The van der Waals surface area contributed by atoms with Crippen molar-refractivity contribution in [2.24, 2.45) is 0 Å². The third kappa shape index (κ3) is 3.87. The van der Waals surface area contributed by atoms with Crippen LogP contribution >= 0.6 is 0 Å². The molecule has 3 aromatic rings. The summed E-state index contributed by atoms with van der Waals surface area (Å²) in [6.45, 7) is 2.03. The van der Waals surface area contributed by atoms with E-state index < -0.39 is 0 Å². The van der Waals surface area contributed by atoms with Crippen molar-refractivity contribution >= 4 is 11.6 Å². The second-order valence-electron chi connectivity index (χ2n) is 5.89. The Balaban J connectivity index is 1.84. The zero-order valence-corrected chi connectivity index (χ0v) is 15.4. The number of H-pyrrole nitrogens is 1. The van der Waals surface area contributed by atoms with Crippen molar-refractivity contribution < 1.29 is 19.4 Å². The van der Waals surface area contributed by atoms with E-state index in [0.29, 0.717) is 28.4 Å². The number of hydrogen-bond acceptors (Lipinski definition) is 5. The Hall–Kier alpha value is -3.48. The smallest absolute Gasteiger partial charge is 0.273 e. The van der Waals surface area contributed by atoms with Gasteiger partial charge >= 0.3 is 0 Å². The molecule has 1 heterocycles. The maximum Gasteiger partial charge on any atom is 0.273 e. The molecule has 3 N–H and O–H groups in total. The highest BCUT2D eigenvalue weighted by Gasteiger charge is 2.16. The van der Waals surface area contributed by atoms with Crippen LogP contribution < -0.4 is 14.8 Å². The number of carbonyl (C=O) groups excluding carboxylic acids is 1. The molecule has 7 nitrogen and oxygen atoms in total. The molecule has 140 valence electrons. The Morgan fingerprint density at radius 2 is 1.96 bits per heavy atom. The van der Waals surface area contributed by atoms with Gasteiger partial charge in [0.05, 0.1) is 25.6 Å². The van der Waals surface area contributed by atoms with Gasteiger partial charge in [0.2, 0.25) is 0 Å². The van der Waals surface area contributed by atoms with E-state index in [4.69, 9.17) is 9.47 Å². The van der Waals surface area contributed by atoms with Crippen LogP contribution in [0, 0.1) is 0 Å². The molecule has 2 aromatic carbocycles. The minimum Gasteiger partial charge on any atom is -0.507 e. The van der Waals surface area contributed by atoms with E-state index in [0.717, 1.165) is 12.0 Å². The zero-order valence-electron chi connectivity index (χ0n) is 15.4.